The molecule has 1 amide bonds. The third-order valence-electron chi connectivity index (χ3n) is 3.51. The van der Waals surface area contributed by atoms with Gasteiger partial charge in [-0.2, -0.15) is 0 Å². The lowest BCUT2D eigenvalue weighted by Gasteiger charge is -2.27. The molecule has 0 saturated heterocycles. The molecule has 0 radical (unpaired) electrons. The van der Waals surface area contributed by atoms with E-state index in [1.54, 1.807) is 20.1 Å². The van der Waals surface area contributed by atoms with E-state index in [9.17, 15) is 4.79 Å². The van der Waals surface area contributed by atoms with Crippen LogP contribution in [0.1, 0.15) is 39.7 Å². The van der Waals surface area contributed by atoms with Crippen molar-refractivity contribution in [1.82, 2.24) is 5.32 Å². The SMILES string of the molecule is CCC(C)(C)NC(=O)C(C)Oc1cc(OC)ccc1CN. The lowest BCUT2D eigenvalue weighted by molar-refractivity contribution is -0.129. The molecule has 0 aliphatic rings. The Morgan fingerprint density at radius 1 is 1.43 bits per heavy atom. The molecule has 118 valence electrons. The van der Waals surface area contributed by atoms with Crippen molar-refractivity contribution < 1.29 is 14.3 Å². The third kappa shape index (κ3) is 4.93. The summed E-state index contributed by atoms with van der Waals surface area (Å²) >= 11 is 0. The summed E-state index contributed by atoms with van der Waals surface area (Å²) < 4.78 is 10.9. The first-order chi connectivity index (χ1) is 9.82. The van der Waals surface area contributed by atoms with E-state index in [4.69, 9.17) is 15.2 Å². The van der Waals surface area contributed by atoms with Crippen LogP contribution in [0.5, 0.6) is 11.5 Å². The molecule has 1 unspecified atom stereocenters. The molecule has 0 fully saturated rings. The number of hydrogen-bond donors (Lipinski definition) is 2. The summed E-state index contributed by atoms with van der Waals surface area (Å²) in [4.78, 5) is 12.2. The molecule has 0 aromatic heterocycles. The number of methoxy groups -OCH3 is 1. The first-order valence-corrected chi connectivity index (χ1v) is 7.18. The number of carbonyl (C=O) groups is 1. The van der Waals surface area contributed by atoms with Crippen molar-refractivity contribution in [1.29, 1.82) is 0 Å². The van der Waals surface area contributed by atoms with E-state index in [-0.39, 0.29) is 11.4 Å². The number of nitrogens with one attached hydrogen (secondary N) is 1. The molecule has 0 saturated carbocycles. The molecule has 0 spiro atoms. The molecule has 1 atom stereocenters. The number of nitrogens with two attached hydrogens (primary N) is 1. The van der Waals surface area contributed by atoms with Crippen molar-refractivity contribution in [2.75, 3.05) is 7.11 Å². The van der Waals surface area contributed by atoms with Crippen LogP contribution in [0.25, 0.3) is 0 Å². The summed E-state index contributed by atoms with van der Waals surface area (Å²) in [5.74, 6) is 1.10. The Morgan fingerprint density at radius 2 is 2.10 bits per heavy atom. The Kier molecular flexibility index (Phi) is 6.03. The number of hydrogen-bond acceptors (Lipinski definition) is 4. The van der Waals surface area contributed by atoms with Crippen molar-refractivity contribution in [3.05, 3.63) is 23.8 Å². The van der Waals surface area contributed by atoms with Gasteiger partial charge < -0.3 is 20.5 Å². The smallest absolute Gasteiger partial charge is 0.261 e. The van der Waals surface area contributed by atoms with Crippen molar-refractivity contribution in [3.63, 3.8) is 0 Å². The van der Waals surface area contributed by atoms with Crippen molar-refractivity contribution in [3.8, 4) is 11.5 Å². The predicted octanol–water partition coefficient (Wildman–Crippen LogP) is 2.23. The Hall–Kier alpha value is -1.75. The molecule has 0 bridgehead atoms. The van der Waals surface area contributed by atoms with Crippen molar-refractivity contribution >= 4 is 5.91 Å². The van der Waals surface area contributed by atoms with Crippen LogP contribution in [-0.4, -0.2) is 24.7 Å². The van der Waals surface area contributed by atoms with E-state index >= 15 is 0 Å². The molecule has 1 aromatic carbocycles. The maximum absolute atomic E-state index is 12.2. The Labute approximate surface area is 126 Å². The van der Waals surface area contributed by atoms with Gasteiger partial charge in [-0.3, -0.25) is 4.79 Å². The minimum Gasteiger partial charge on any atom is -0.497 e. The van der Waals surface area contributed by atoms with E-state index in [0.29, 0.717) is 18.0 Å². The first kappa shape index (κ1) is 17.3. The molecule has 5 heteroatoms. The van der Waals surface area contributed by atoms with E-state index in [1.807, 2.05) is 32.9 Å². The maximum atomic E-state index is 12.2. The lowest BCUT2D eigenvalue weighted by Crippen LogP contribution is -2.48. The van der Waals surface area contributed by atoms with E-state index in [1.165, 1.54) is 0 Å². The minimum atomic E-state index is -0.603. The highest BCUT2D eigenvalue weighted by Gasteiger charge is 2.23. The average Bonchev–Trinajstić information content (AvgIpc) is 2.46. The van der Waals surface area contributed by atoms with Gasteiger partial charge in [0.2, 0.25) is 0 Å². The molecule has 1 aromatic rings. The van der Waals surface area contributed by atoms with Crippen LogP contribution >= 0.6 is 0 Å². The fourth-order valence-corrected chi connectivity index (χ4v) is 1.71. The molecule has 0 aliphatic heterocycles. The highest BCUT2D eigenvalue weighted by molar-refractivity contribution is 5.81. The highest BCUT2D eigenvalue weighted by Crippen LogP contribution is 2.25. The quantitative estimate of drug-likeness (QED) is 0.808. The van der Waals surface area contributed by atoms with Gasteiger partial charge in [-0.05, 0) is 33.3 Å². The second-order valence-electron chi connectivity index (χ2n) is 5.66. The standard InChI is InChI=1S/C16H26N2O3/c1-6-16(3,4)18-15(19)11(2)21-14-9-13(20-5)8-7-12(14)10-17/h7-9,11H,6,10,17H2,1-5H3,(H,18,19). The number of rotatable bonds is 7. The van der Waals surface area contributed by atoms with Crippen molar-refractivity contribution in [2.45, 2.75) is 52.3 Å². The first-order valence-electron chi connectivity index (χ1n) is 7.18. The van der Waals surface area contributed by atoms with Gasteiger partial charge in [-0.25, -0.2) is 0 Å². The zero-order valence-corrected chi connectivity index (χ0v) is 13.5. The number of ether oxygens (including phenoxy) is 2. The summed E-state index contributed by atoms with van der Waals surface area (Å²) in [5, 5.41) is 2.97. The molecule has 1 rings (SSSR count). The zero-order chi connectivity index (χ0) is 16.0. The summed E-state index contributed by atoms with van der Waals surface area (Å²) in [6, 6.07) is 5.41. The topological polar surface area (TPSA) is 73.6 Å². The van der Waals surface area contributed by atoms with Gasteiger partial charge in [-0.1, -0.05) is 13.0 Å². The molecular formula is C16H26N2O3. The molecule has 21 heavy (non-hydrogen) atoms. The van der Waals surface area contributed by atoms with E-state index in [2.05, 4.69) is 5.32 Å². The largest absolute Gasteiger partial charge is 0.497 e. The summed E-state index contributed by atoms with van der Waals surface area (Å²) in [6.07, 6.45) is 0.242. The second-order valence-corrected chi connectivity index (χ2v) is 5.66. The van der Waals surface area contributed by atoms with Crippen LogP contribution in [0, 0.1) is 0 Å². The zero-order valence-electron chi connectivity index (χ0n) is 13.5. The molecule has 0 heterocycles. The molecule has 5 nitrogen and oxygen atoms in total. The summed E-state index contributed by atoms with van der Waals surface area (Å²) in [6.45, 7) is 8.05. The van der Waals surface area contributed by atoms with Crippen LogP contribution in [0.3, 0.4) is 0 Å². The molecule has 0 aliphatic carbocycles. The maximum Gasteiger partial charge on any atom is 0.261 e. The lowest BCUT2D eigenvalue weighted by atomic mass is 10.0. The minimum absolute atomic E-state index is 0.146. The normalized spacial score (nSPS) is 12.7. The summed E-state index contributed by atoms with van der Waals surface area (Å²) in [5.41, 5.74) is 6.28. The average molecular weight is 294 g/mol. The monoisotopic (exact) mass is 294 g/mol. The number of amides is 1. The van der Waals surface area contributed by atoms with Crippen LogP contribution in [0.2, 0.25) is 0 Å². The highest BCUT2D eigenvalue weighted by atomic mass is 16.5. The van der Waals surface area contributed by atoms with Gasteiger partial charge in [0.15, 0.2) is 6.10 Å². The molecule has 3 N–H and O–H groups in total. The van der Waals surface area contributed by atoms with Gasteiger partial charge in [0.05, 0.1) is 7.11 Å². The number of benzene rings is 1. The fraction of sp³-hybridized carbons (Fsp3) is 0.562. The Morgan fingerprint density at radius 3 is 2.62 bits per heavy atom. The van der Waals surface area contributed by atoms with Crippen LogP contribution in [-0.2, 0) is 11.3 Å². The van der Waals surface area contributed by atoms with Gasteiger partial charge in [0, 0.05) is 23.7 Å². The van der Waals surface area contributed by atoms with Gasteiger partial charge in [0.25, 0.3) is 5.91 Å². The van der Waals surface area contributed by atoms with Gasteiger partial charge >= 0.3 is 0 Å². The van der Waals surface area contributed by atoms with Crippen molar-refractivity contribution in [2.24, 2.45) is 5.73 Å². The fourth-order valence-electron chi connectivity index (χ4n) is 1.71. The van der Waals surface area contributed by atoms with Crippen LogP contribution in [0.15, 0.2) is 18.2 Å². The third-order valence-corrected chi connectivity index (χ3v) is 3.51. The van der Waals surface area contributed by atoms with Gasteiger partial charge in [-0.15, -0.1) is 0 Å². The van der Waals surface area contributed by atoms with Crippen LogP contribution in [0.4, 0.5) is 0 Å². The van der Waals surface area contributed by atoms with Gasteiger partial charge in [0.1, 0.15) is 11.5 Å². The Balaban J connectivity index is 2.82. The molecular weight excluding hydrogens is 268 g/mol. The predicted molar refractivity (Wildman–Crippen MR) is 83.5 cm³/mol. The van der Waals surface area contributed by atoms with E-state index in [0.717, 1.165) is 12.0 Å². The number of carbonyl (C=O) groups excluding carboxylic acids is 1. The Bertz CT molecular complexity index is 486. The summed E-state index contributed by atoms with van der Waals surface area (Å²) in [7, 11) is 1.58. The van der Waals surface area contributed by atoms with Crippen LogP contribution < -0.4 is 20.5 Å². The second kappa shape index (κ2) is 7.31. The van der Waals surface area contributed by atoms with E-state index < -0.39 is 6.10 Å².